The van der Waals surface area contributed by atoms with Crippen LogP contribution < -0.4 is 10.5 Å². The maximum absolute atomic E-state index is 12.1. The van der Waals surface area contributed by atoms with Gasteiger partial charge in [0.2, 0.25) is 0 Å². The molecule has 0 heterocycles. The highest BCUT2D eigenvalue weighted by Gasteiger charge is 2.27. The second-order valence-electron chi connectivity index (χ2n) is 7.47. The van der Waals surface area contributed by atoms with Gasteiger partial charge in [-0.3, -0.25) is 9.59 Å². The molecule has 2 aromatic rings. The maximum Gasteiger partial charge on any atom is 0.306 e. The molecule has 28 heavy (non-hydrogen) atoms. The maximum atomic E-state index is 12.1. The number of esters is 1. The summed E-state index contributed by atoms with van der Waals surface area (Å²) in [5, 5.41) is 0. The van der Waals surface area contributed by atoms with Crippen LogP contribution in [0.2, 0.25) is 0 Å². The smallest absolute Gasteiger partial charge is 0.306 e. The molecule has 0 bridgehead atoms. The minimum atomic E-state index is -1.07. The number of hydrogen-bond donors (Lipinski definition) is 1. The van der Waals surface area contributed by atoms with Gasteiger partial charge < -0.3 is 15.2 Å². The van der Waals surface area contributed by atoms with Crippen LogP contribution in [-0.2, 0) is 27.2 Å². The minimum absolute atomic E-state index is 0.150. The standard InChI is InChI=1S/C23H29NO4/c1-17(15-18-9-5-4-6-10-18)27-21(25)14-8-12-19-11-7-13-20(16-19)28-23(2,3)22(24)26/h4-7,9-11,13,16-17H,8,12,14-15H2,1-3H3,(H2,24,26). The van der Waals surface area contributed by atoms with Crippen molar-refractivity contribution in [2.45, 2.75) is 58.2 Å². The lowest BCUT2D eigenvalue weighted by atomic mass is 10.1. The lowest BCUT2D eigenvalue weighted by Crippen LogP contribution is -2.43. The zero-order valence-electron chi connectivity index (χ0n) is 16.8. The predicted octanol–water partition coefficient (Wildman–Crippen LogP) is 3.83. The van der Waals surface area contributed by atoms with Crippen molar-refractivity contribution in [3.8, 4) is 5.75 Å². The Morgan fingerprint density at radius 2 is 1.71 bits per heavy atom. The monoisotopic (exact) mass is 383 g/mol. The van der Waals surface area contributed by atoms with E-state index in [0.717, 1.165) is 17.5 Å². The molecule has 1 unspecified atom stereocenters. The molecule has 0 aliphatic rings. The van der Waals surface area contributed by atoms with Crippen molar-refractivity contribution < 1.29 is 19.1 Å². The van der Waals surface area contributed by atoms with E-state index in [1.165, 1.54) is 0 Å². The first-order chi connectivity index (χ1) is 13.3. The summed E-state index contributed by atoms with van der Waals surface area (Å²) in [4.78, 5) is 23.5. The van der Waals surface area contributed by atoms with E-state index >= 15 is 0 Å². The van der Waals surface area contributed by atoms with Crippen molar-refractivity contribution >= 4 is 11.9 Å². The number of aryl methyl sites for hydroxylation is 1. The Labute approximate surface area is 166 Å². The molecule has 0 spiro atoms. The molecule has 1 amide bonds. The lowest BCUT2D eigenvalue weighted by molar-refractivity contribution is -0.148. The minimum Gasteiger partial charge on any atom is -0.478 e. The van der Waals surface area contributed by atoms with Gasteiger partial charge in [-0.1, -0.05) is 42.5 Å². The third-order valence-corrected chi connectivity index (χ3v) is 4.41. The molecule has 1 atom stereocenters. The van der Waals surface area contributed by atoms with Crippen LogP contribution in [0, 0.1) is 0 Å². The summed E-state index contributed by atoms with van der Waals surface area (Å²) in [5.41, 5.74) is 6.45. The Kier molecular flexibility index (Phi) is 7.61. The molecule has 0 aromatic heterocycles. The van der Waals surface area contributed by atoms with Crippen LogP contribution in [0.15, 0.2) is 54.6 Å². The fraction of sp³-hybridized carbons (Fsp3) is 0.391. The predicted molar refractivity (Wildman–Crippen MR) is 109 cm³/mol. The van der Waals surface area contributed by atoms with Gasteiger partial charge in [-0.25, -0.2) is 0 Å². The van der Waals surface area contributed by atoms with E-state index in [4.69, 9.17) is 15.2 Å². The number of amides is 1. The van der Waals surface area contributed by atoms with E-state index in [9.17, 15) is 9.59 Å². The first-order valence-electron chi connectivity index (χ1n) is 9.57. The first kappa shape index (κ1) is 21.5. The summed E-state index contributed by atoms with van der Waals surface area (Å²) in [6, 6.07) is 17.5. The van der Waals surface area contributed by atoms with Crippen molar-refractivity contribution in [3.05, 3.63) is 65.7 Å². The Morgan fingerprint density at radius 3 is 2.39 bits per heavy atom. The van der Waals surface area contributed by atoms with E-state index in [-0.39, 0.29) is 12.1 Å². The molecule has 0 fully saturated rings. The van der Waals surface area contributed by atoms with Crippen LogP contribution in [0.4, 0.5) is 0 Å². The van der Waals surface area contributed by atoms with Gasteiger partial charge in [0.15, 0.2) is 5.60 Å². The van der Waals surface area contributed by atoms with Crippen molar-refractivity contribution in [2.24, 2.45) is 5.73 Å². The molecule has 150 valence electrons. The van der Waals surface area contributed by atoms with Crippen LogP contribution in [0.1, 0.15) is 44.7 Å². The van der Waals surface area contributed by atoms with Crippen molar-refractivity contribution in [1.29, 1.82) is 0 Å². The molecule has 2 N–H and O–H groups in total. The number of primary amides is 1. The average molecular weight is 383 g/mol. The summed E-state index contributed by atoms with van der Waals surface area (Å²) in [6.45, 7) is 5.18. The number of carbonyl (C=O) groups is 2. The summed E-state index contributed by atoms with van der Waals surface area (Å²) < 4.78 is 11.2. The van der Waals surface area contributed by atoms with Gasteiger partial charge in [0.25, 0.3) is 5.91 Å². The van der Waals surface area contributed by atoms with E-state index in [2.05, 4.69) is 0 Å². The van der Waals surface area contributed by atoms with E-state index < -0.39 is 11.5 Å². The highest BCUT2D eigenvalue weighted by molar-refractivity contribution is 5.82. The Balaban J connectivity index is 1.77. The Hall–Kier alpha value is -2.82. The third-order valence-electron chi connectivity index (χ3n) is 4.41. The van der Waals surface area contributed by atoms with Crippen LogP contribution in [-0.4, -0.2) is 23.6 Å². The summed E-state index contributed by atoms with van der Waals surface area (Å²) in [6.07, 6.45) is 2.32. The normalized spacial score (nSPS) is 12.2. The third kappa shape index (κ3) is 7.06. The molecule has 0 radical (unpaired) electrons. The largest absolute Gasteiger partial charge is 0.478 e. The number of nitrogens with two attached hydrogens (primary N) is 1. The second kappa shape index (κ2) is 9.93. The van der Waals surface area contributed by atoms with Crippen molar-refractivity contribution in [1.82, 2.24) is 0 Å². The number of ether oxygens (including phenoxy) is 2. The van der Waals surface area contributed by atoms with Gasteiger partial charge >= 0.3 is 5.97 Å². The molecule has 0 aliphatic heterocycles. The van der Waals surface area contributed by atoms with Gasteiger partial charge in [0.1, 0.15) is 11.9 Å². The molecule has 2 rings (SSSR count). The molecule has 5 heteroatoms. The summed E-state index contributed by atoms with van der Waals surface area (Å²) >= 11 is 0. The second-order valence-corrected chi connectivity index (χ2v) is 7.47. The molecular weight excluding hydrogens is 354 g/mol. The van der Waals surface area contributed by atoms with Gasteiger partial charge in [0, 0.05) is 12.8 Å². The highest BCUT2D eigenvalue weighted by Crippen LogP contribution is 2.20. The molecule has 0 saturated heterocycles. The zero-order chi connectivity index (χ0) is 20.6. The zero-order valence-corrected chi connectivity index (χ0v) is 16.8. The van der Waals surface area contributed by atoms with Gasteiger partial charge in [-0.05, 0) is 56.9 Å². The van der Waals surface area contributed by atoms with Crippen molar-refractivity contribution in [3.63, 3.8) is 0 Å². The van der Waals surface area contributed by atoms with E-state index in [1.807, 2.05) is 55.5 Å². The topological polar surface area (TPSA) is 78.6 Å². The first-order valence-corrected chi connectivity index (χ1v) is 9.57. The molecule has 0 aliphatic carbocycles. The average Bonchev–Trinajstić information content (AvgIpc) is 2.62. The molecule has 2 aromatic carbocycles. The van der Waals surface area contributed by atoms with Crippen LogP contribution in [0.3, 0.4) is 0 Å². The van der Waals surface area contributed by atoms with E-state index in [1.54, 1.807) is 19.9 Å². The number of rotatable bonds is 10. The Morgan fingerprint density at radius 1 is 1.04 bits per heavy atom. The molecule has 5 nitrogen and oxygen atoms in total. The van der Waals surface area contributed by atoms with Crippen LogP contribution in [0.25, 0.3) is 0 Å². The van der Waals surface area contributed by atoms with Gasteiger partial charge in [-0.2, -0.15) is 0 Å². The fourth-order valence-electron chi connectivity index (χ4n) is 2.82. The fourth-order valence-corrected chi connectivity index (χ4v) is 2.82. The highest BCUT2D eigenvalue weighted by atomic mass is 16.5. The number of carbonyl (C=O) groups excluding carboxylic acids is 2. The lowest BCUT2D eigenvalue weighted by Gasteiger charge is -2.23. The quantitative estimate of drug-likeness (QED) is 0.633. The SMILES string of the molecule is CC(Cc1ccccc1)OC(=O)CCCc1cccc(OC(C)(C)C(N)=O)c1. The molecule has 0 saturated carbocycles. The number of benzene rings is 2. The van der Waals surface area contributed by atoms with E-state index in [0.29, 0.717) is 25.0 Å². The van der Waals surface area contributed by atoms with Gasteiger partial charge in [-0.15, -0.1) is 0 Å². The number of hydrogen-bond acceptors (Lipinski definition) is 4. The summed E-state index contributed by atoms with van der Waals surface area (Å²) in [7, 11) is 0. The molecular formula is C23H29NO4. The Bertz CT molecular complexity index is 786. The van der Waals surface area contributed by atoms with Crippen LogP contribution >= 0.6 is 0 Å². The summed E-state index contributed by atoms with van der Waals surface area (Å²) in [5.74, 6) is -0.128. The van der Waals surface area contributed by atoms with Gasteiger partial charge in [0.05, 0.1) is 0 Å². The van der Waals surface area contributed by atoms with Crippen LogP contribution in [0.5, 0.6) is 5.75 Å². The van der Waals surface area contributed by atoms with Crippen molar-refractivity contribution in [2.75, 3.05) is 0 Å².